The number of hydrogen-bond donors (Lipinski definition) is 1. The highest BCUT2D eigenvalue weighted by molar-refractivity contribution is 5.92. The van der Waals surface area contributed by atoms with Crippen LogP contribution >= 0.6 is 0 Å². The smallest absolute Gasteiger partial charge is 0.272 e. The minimum atomic E-state index is -0.00791. The number of carbonyl (C=O) groups is 1. The molecule has 0 bridgehead atoms. The molecule has 5 nitrogen and oxygen atoms in total. The summed E-state index contributed by atoms with van der Waals surface area (Å²) in [5, 5.41) is 3.29. The van der Waals surface area contributed by atoms with Gasteiger partial charge in [-0.2, -0.15) is 0 Å². The van der Waals surface area contributed by atoms with Gasteiger partial charge in [0.15, 0.2) is 0 Å². The number of para-hydroxylation sites is 1. The number of amides is 1. The van der Waals surface area contributed by atoms with Crippen LogP contribution in [0.15, 0.2) is 36.5 Å². The molecule has 1 amide bonds. The summed E-state index contributed by atoms with van der Waals surface area (Å²) in [5.41, 5.74) is 2.61. The maximum atomic E-state index is 12.7. The van der Waals surface area contributed by atoms with Gasteiger partial charge in [-0.1, -0.05) is 45.9 Å². The highest BCUT2D eigenvalue weighted by Gasteiger charge is 2.23. The predicted octanol–water partition coefficient (Wildman–Crippen LogP) is 4.39. The molecule has 1 saturated heterocycles. The Morgan fingerprint density at radius 1 is 1.15 bits per heavy atom. The van der Waals surface area contributed by atoms with Crippen molar-refractivity contribution in [2.75, 3.05) is 18.4 Å². The molecule has 1 aliphatic rings. The van der Waals surface area contributed by atoms with Crippen molar-refractivity contribution in [3.63, 3.8) is 0 Å². The lowest BCUT2D eigenvalue weighted by Crippen LogP contribution is -2.38. The summed E-state index contributed by atoms with van der Waals surface area (Å²) in [6.07, 6.45) is 3.76. The van der Waals surface area contributed by atoms with E-state index < -0.39 is 0 Å². The molecule has 0 saturated carbocycles. The number of aromatic nitrogens is 2. The van der Waals surface area contributed by atoms with Gasteiger partial charge >= 0.3 is 0 Å². The second kappa shape index (κ2) is 7.44. The molecule has 3 rings (SSSR count). The Labute approximate surface area is 155 Å². The Morgan fingerprint density at radius 2 is 1.85 bits per heavy atom. The molecular formula is C21H28N4O. The third-order valence-corrected chi connectivity index (χ3v) is 4.93. The summed E-state index contributed by atoms with van der Waals surface area (Å²) in [4.78, 5) is 23.4. The van der Waals surface area contributed by atoms with E-state index >= 15 is 0 Å². The summed E-state index contributed by atoms with van der Waals surface area (Å²) in [6, 6.07) is 9.84. The molecule has 2 heterocycles. The van der Waals surface area contributed by atoms with Crippen molar-refractivity contribution in [3.05, 3.63) is 47.8 Å². The van der Waals surface area contributed by atoms with Gasteiger partial charge in [-0.25, -0.2) is 9.97 Å². The molecular weight excluding hydrogens is 324 g/mol. The zero-order chi connectivity index (χ0) is 18.7. The van der Waals surface area contributed by atoms with E-state index in [0.29, 0.717) is 17.6 Å². The van der Waals surface area contributed by atoms with Crippen LogP contribution in [0.2, 0.25) is 0 Å². The van der Waals surface area contributed by atoms with Gasteiger partial charge in [-0.3, -0.25) is 4.79 Å². The fourth-order valence-electron chi connectivity index (χ4n) is 3.28. The Hall–Kier alpha value is -2.43. The van der Waals surface area contributed by atoms with Crippen LogP contribution in [0.3, 0.4) is 0 Å². The first-order valence-corrected chi connectivity index (χ1v) is 9.33. The van der Waals surface area contributed by atoms with E-state index in [1.54, 1.807) is 12.3 Å². The summed E-state index contributed by atoms with van der Waals surface area (Å²) < 4.78 is 0. The minimum Gasteiger partial charge on any atom is -0.337 e. The molecule has 0 atom stereocenters. The van der Waals surface area contributed by atoms with E-state index in [0.717, 1.165) is 31.6 Å². The van der Waals surface area contributed by atoms with Crippen LogP contribution in [0.5, 0.6) is 0 Å². The largest absolute Gasteiger partial charge is 0.337 e. The van der Waals surface area contributed by atoms with E-state index in [4.69, 9.17) is 0 Å². The zero-order valence-electron chi connectivity index (χ0n) is 16.1. The molecule has 1 aromatic carbocycles. The average molecular weight is 352 g/mol. The molecule has 0 aliphatic carbocycles. The quantitative estimate of drug-likeness (QED) is 0.890. The summed E-state index contributed by atoms with van der Waals surface area (Å²) in [6.45, 7) is 10.4. The van der Waals surface area contributed by atoms with Crippen molar-refractivity contribution in [2.45, 2.75) is 46.0 Å². The lowest BCUT2D eigenvalue weighted by atomic mass is 9.86. The normalized spacial score (nSPS) is 15.8. The van der Waals surface area contributed by atoms with Crippen molar-refractivity contribution < 1.29 is 4.79 Å². The van der Waals surface area contributed by atoms with Crippen LogP contribution in [0.25, 0.3) is 0 Å². The SMILES string of the molecule is CC1CCN(C(=O)c2ccnc(Nc3ccccc3C(C)(C)C)n2)CC1. The number of piperidine rings is 1. The molecule has 1 N–H and O–H groups in total. The van der Waals surface area contributed by atoms with E-state index in [-0.39, 0.29) is 11.3 Å². The van der Waals surface area contributed by atoms with Gasteiger partial charge in [0.25, 0.3) is 5.91 Å². The predicted molar refractivity (Wildman–Crippen MR) is 105 cm³/mol. The molecule has 5 heteroatoms. The van der Waals surface area contributed by atoms with Gasteiger partial charge in [0.1, 0.15) is 5.69 Å². The number of anilines is 2. The number of rotatable bonds is 3. The van der Waals surface area contributed by atoms with Gasteiger partial charge in [-0.15, -0.1) is 0 Å². The minimum absolute atomic E-state index is 0.00151. The van der Waals surface area contributed by atoms with Gasteiger partial charge in [0, 0.05) is 25.0 Å². The van der Waals surface area contributed by atoms with E-state index in [2.05, 4.69) is 49.0 Å². The topological polar surface area (TPSA) is 58.1 Å². The zero-order valence-corrected chi connectivity index (χ0v) is 16.1. The summed E-state index contributed by atoms with van der Waals surface area (Å²) >= 11 is 0. The lowest BCUT2D eigenvalue weighted by Gasteiger charge is -2.30. The fourth-order valence-corrected chi connectivity index (χ4v) is 3.28. The van der Waals surface area contributed by atoms with Crippen molar-refractivity contribution in [3.8, 4) is 0 Å². The third-order valence-electron chi connectivity index (χ3n) is 4.93. The Morgan fingerprint density at radius 3 is 2.54 bits per heavy atom. The highest BCUT2D eigenvalue weighted by atomic mass is 16.2. The van der Waals surface area contributed by atoms with E-state index in [9.17, 15) is 4.79 Å². The first-order valence-electron chi connectivity index (χ1n) is 9.33. The second-order valence-electron chi connectivity index (χ2n) is 8.16. The molecule has 138 valence electrons. The Kier molecular flexibility index (Phi) is 5.25. The molecule has 1 aromatic heterocycles. The molecule has 2 aromatic rings. The van der Waals surface area contributed by atoms with Gasteiger partial charge in [0.05, 0.1) is 0 Å². The number of nitrogens with one attached hydrogen (secondary N) is 1. The van der Waals surface area contributed by atoms with Crippen molar-refractivity contribution in [1.29, 1.82) is 0 Å². The third kappa shape index (κ3) is 4.21. The van der Waals surface area contributed by atoms with Crippen LogP contribution in [-0.2, 0) is 5.41 Å². The standard InChI is InChI=1S/C21H28N4O/c1-15-10-13-25(14-11-15)19(26)18-9-12-22-20(24-18)23-17-8-6-5-7-16(17)21(2,3)4/h5-9,12,15H,10-11,13-14H2,1-4H3,(H,22,23,24). The van der Waals surface area contributed by atoms with Crippen LogP contribution in [0.1, 0.15) is 56.6 Å². The van der Waals surface area contributed by atoms with Gasteiger partial charge in [-0.05, 0) is 41.9 Å². The number of nitrogens with zero attached hydrogens (tertiary/aromatic N) is 3. The number of likely N-dealkylation sites (tertiary alicyclic amines) is 1. The van der Waals surface area contributed by atoms with Gasteiger partial charge < -0.3 is 10.2 Å². The van der Waals surface area contributed by atoms with Crippen LogP contribution in [0.4, 0.5) is 11.6 Å². The molecule has 1 aliphatic heterocycles. The molecule has 26 heavy (non-hydrogen) atoms. The highest BCUT2D eigenvalue weighted by Crippen LogP contribution is 2.30. The molecule has 0 spiro atoms. The number of hydrogen-bond acceptors (Lipinski definition) is 4. The molecule has 1 fully saturated rings. The van der Waals surface area contributed by atoms with E-state index in [1.807, 2.05) is 23.1 Å². The summed E-state index contributed by atoms with van der Waals surface area (Å²) in [5.74, 6) is 1.14. The van der Waals surface area contributed by atoms with Gasteiger partial charge in [0.2, 0.25) is 5.95 Å². The maximum Gasteiger partial charge on any atom is 0.272 e. The van der Waals surface area contributed by atoms with Crippen molar-refractivity contribution >= 4 is 17.5 Å². The van der Waals surface area contributed by atoms with Crippen LogP contribution < -0.4 is 5.32 Å². The monoisotopic (exact) mass is 352 g/mol. The second-order valence-corrected chi connectivity index (χ2v) is 8.16. The lowest BCUT2D eigenvalue weighted by molar-refractivity contribution is 0.0691. The Bertz CT molecular complexity index is 774. The first-order chi connectivity index (χ1) is 12.3. The first kappa shape index (κ1) is 18.4. The number of benzene rings is 1. The molecule has 0 radical (unpaired) electrons. The maximum absolute atomic E-state index is 12.7. The van der Waals surface area contributed by atoms with E-state index in [1.165, 1.54) is 5.56 Å². The summed E-state index contributed by atoms with van der Waals surface area (Å²) in [7, 11) is 0. The van der Waals surface area contributed by atoms with Crippen LogP contribution in [0, 0.1) is 5.92 Å². The van der Waals surface area contributed by atoms with Crippen LogP contribution in [-0.4, -0.2) is 33.9 Å². The fraction of sp³-hybridized carbons (Fsp3) is 0.476. The van der Waals surface area contributed by atoms with Crippen molar-refractivity contribution in [2.24, 2.45) is 5.92 Å². The van der Waals surface area contributed by atoms with Crippen molar-refractivity contribution in [1.82, 2.24) is 14.9 Å². The Balaban J connectivity index is 1.79. The number of carbonyl (C=O) groups excluding carboxylic acids is 1. The molecule has 0 unspecified atom stereocenters. The average Bonchev–Trinajstić information content (AvgIpc) is 2.61.